The lowest BCUT2D eigenvalue weighted by Crippen LogP contribution is -2.13. The Labute approximate surface area is 140 Å². The number of benzene rings is 1. The summed E-state index contributed by atoms with van der Waals surface area (Å²) < 4.78 is 0.896. The number of carbonyl (C=O) groups excluding carboxylic acids is 1. The number of fused-ring (bicyclic) bond motifs is 1. The van der Waals surface area contributed by atoms with Gasteiger partial charge < -0.3 is 5.32 Å². The fourth-order valence-corrected chi connectivity index (χ4v) is 2.64. The van der Waals surface area contributed by atoms with Crippen LogP contribution in [0.15, 0.2) is 47.1 Å². The number of anilines is 1. The number of carbonyl (C=O) groups is 1. The van der Waals surface area contributed by atoms with E-state index in [1.807, 2.05) is 25.1 Å². The van der Waals surface area contributed by atoms with E-state index in [4.69, 9.17) is 11.6 Å². The second kappa shape index (κ2) is 6.02. The first kappa shape index (κ1) is 14.9. The predicted molar refractivity (Wildman–Crippen MR) is 91.4 cm³/mol. The van der Waals surface area contributed by atoms with Crippen LogP contribution in [0.2, 0.25) is 5.15 Å². The molecule has 0 unspecified atom stereocenters. The molecular formula is C16H11BrClN3O. The molecule has 0 saturated carbocycles. The minimum Gasteiger partial charge on any atom is -0.321 e. The molecule has 0 spiro atoms. The largest absolute Gasteiger partial charge is 0.321 e. The molecular weight excluding hydrogens is 366 g/mol. The molecule has 2 aromatic heterocycles. The van der Waals surface area contributed by atoms with Crippen molar-refractivity contribution in [3.05, 3.63) is 63.5 Å². The van der Waals surface area contributed by atoms with E-state index in [-0.39, 0.29) is 5.91 Å². The van der Waals surface area contributed by atoms with Gasteiger partial charge in [-0.05, 0) is 43.3 Å². The van der Waals surface area contributed by atoms with Crippen LogP contribution in [0.25, 0.3) is 10.9 Å². The van der Waals surface area contributed by atoms with Gasteiger partial charge in [0.25, 0.3) is 5.91 Å². The summed E-state index contributed by atoms with van der Waals surface area (Å²) in [7, 11) is 0. The summed E-state index contributed by atoms with van der Waals surface area (Å²) in [5, 5.41) is 3.99. The van der Waals surface area contributed by atoms with E-state index in [2.05, 4.69) is 31.2 Å². The van der Waals surface area contributed by atoms with Crippen molar-refractivity contribution in [2.45, 2.75) is 6.92 Å². The van der Waals surface area contributed by atoms with Crippen LogP contribution in [0.5, 0.6) is 0 Å². The highest BCUT2D eigenvalue weighted by atomic mass is 79.9. The van der Waals surface area contributed by atoms with Gasteiger partial charge in [-0.15, -0.1) is 0 Å². The van der Waals surface area contributed by atoms with E-state index in [0.717, 1.165) is 21.1 Å². The maximum Gasteiger partial charge on any atom is 0.256 e. The Morgan fingerprint density at radius 1 is 1.23 bits per heavy atom. The van der Waals surface area contributed by atoms with Gasteiger partial charge in [0.05, 0.1) is 23.0 Å². The molecule has 2 heterocycles. The molecule has 3 aromatic rings. The number of pyridine rings is 2. The standard InChI is InChI=1S/C16H11BrClN3O/c1-9-6-13(12-7-10(17)2-4-14(12)20-9)16(22)21-11-3-5-15(18)19-8-11/h2-8H,1H3,(H,21,22). The molecule has 0 radical (unpaired) electrons. The molecule has 1 aromatic carbocycles. The van der Waals surface area contributed by atoms with Gasteiger partial charge in [0.1, 0.15) is 5.15 Å². The molecule has 4 nitrogen and oxygen atoms in total. The van der Waals surface area contributed by atoms with Crippen LogP contribution in [0.1, 0.15) is 16.1 Å². The second-order valence-corrected chi connectivity index (χ2v) is 6.10. The summed E-state index contributed by atoms with van der Waals surface area (Å²) in [4.78, 5) is 21.0. The van der Waals surface area contributed by atoms with E-state index < -0.39 is 0 Å². The number of hydrogen-bond donors (Lipinski definition) is 1. The van der Waals surface area contributed by atoms with Crippen LogP contribution < -0.4 is 5.32 Å². The van der Waals surface area contributed by atoms with Crippen molar-refractivity contribution in [1.29, 1.82) is 0 Å². The fourth-order valence-electron chi connectivity index (χ4n) is 2.17. The van der Waals surface area contributed by atoms with E-state index in [9.17, 15) is 4.79 Å². The van der Waals surface area contributed by atoms with Gasteiger partial charge in [-0.1, -0.05) is 27.5 Å². The molecule has 0 saturated heterocycles. The number of rotatable bonds is 2. The molecule has 0 atom stereocenters. The smallest absolute Gasteiger partial charge is 0.256 e. The molecule has 110 valence electrons. The topological polar surface area (TPSA) is 54.9 Å². The molecule has 0 aliphatic heterocycles. The zero-order chi connectivity index (χ0) is 15.7. The fraction of sp³-hybridized carbons (Fsp3) is 0.0625. The Bertz CT molecular complexity index is 865. The van der Waals surface area contributed by atoms with Crippen LogP contribution >= 0.6 is 27.5 Å². The van der Waals surface area contributed by atoms with Gasteiger partial charge >= 0.3 is 0 Å². The first-order valence-electron chi connectivity index (χ1n) is 6.53. The van der Waals surface area contributed by atoms with E-state index in [1.54, 1.807) is 18.2 Å². The van der Waals surface area contributed by atoms with Gasteiger partial charge in [0.2, 0.25) is 0 Å². The summed E-state index contributed by atoms with van der Waals surface area (Å²) in [5.74, 6) is -0.210. The number of aryl methyl sites for hydroxylation is 1. The Morgan fingerprint density at radius 2 is 2.05 bits per heavy atom. The number of amides is 1. The number of nitrogens with one attached hydrogen (secondary N) is 1. The molecule has 0 aliphatic rings. The van der Waals surface area contributed by atoms with Gasteiger partial charge in [-0.2, -0.15) is 0 Å². The lowest BCUT2D eigenvalue weighted by molar-refractivity contribution is 0.102. The normalized spacial score (nSPS) is 10.7. The monoisotopic (exact) mass is 375 g/mol. The summed E-state index contributed by atoms with van der Waals surface area (Å²) in [6.45, 7) is 1.86. The Hall–Kier alpha value is -1.98. The summed E-state index contributed by atoms with van der Waals surface area (Å²) >= 11 is 9.17. The average Bonchev–Trinajstić information content (AvgIpc) is 2.49. The Morgan fingerprint density at radius 3 is 2.77 bits per heavy atom. The maximum atomic E-state index is 12.6. The maximum absolute atomic E-state index is 12.6. The number of hydrogen-bond acceptors (Lipinski definition) is 3. The van der Waals surface area contributed by atoms with Crippen molar-refractivity contribution >= 4 is 50.0 Å². The van der Waals surface area contributed by atoms with Gasteiger partial charge in [0, 0.05) is 15.6 Å². The molecule has 22 heavy (non-hydrogen) atoms. The van der Waals surface area contributed by atoms with Crippen molar-refractivity contribution in [2.75, 3.05) is 5.32 Å². The summed E-state index contributed by atoms with van der Waals surface area (Å²) in [5.41, 5.74) is 2.72. The lowest BCUT2D eigenvalue weighted by Gasteiger charge is -2.09. The summed E-state index contributed by atoms with van der Waals surface area (Å²) in [6, 6.07) is 10.8. The van der Waals surface area contributed by atoms with Crippen molar-refractivity contribution < 1.29 is 4.79 Å². The Kier molecular flexibility index (Phi) is 4.09. The van der Waals surface area contributed by atoms with E-state index in [1.165, 1.54) is 6.20 Å². The third-order valence-electron chi connectivity index (χ3n) is 3.13. The number of halogens is 2. The molecule has 1 amide bonds. The third kappa shape index (κ3) is 3.10. The second-order valence-electron chi connectivity index (χ2n) is 4.80. The summed E-state index contributed by atoms with van der Waals surface area (Å²) in [6.07, 6.45) is 1.52. The predicted octanol–water partition coefficient (Wildman–Crippen LogP) is 4.61. The van der Waals surface area contributed by atoms with Crippen LogP contribution in [-0.4, -0.2) is 15.9 Å². The van der Waals surface area contributed by atoms with E-state index in [0.29, 0.717) is 16.4 Å². The van der Waals surface area contributed by atoms with Crippen molar-refractivity contribution in [3.63, 3.8) is 0 Å². The highest BCUT2D eigenvalue weighted by molar-refractivity contribution is 9.10. The molecule has 0 fully saturated rings. The van der Waals surface area contributed by atoms with Crippen LogP contribution in [0.4, 0.5) is 5.69 Å². The zero-order valence-electron chi connectivity index (χ0n) is 11.6. The third-order valence-corrected chi connectivity index (χ3v) is 3.85. The quantitative estimate of drug-likeness (QED) is 0.665. The van der Waals surface area contributed by atoms with Gasteiger partial charge in [-0.3, -0.25) is 9.78 Å². The van der Waals surface area contributed by atoms with Crippen LogP contribution in [0, 0.1) is 6.92 Å². The van der Waals surface area contributed by atoms with Crippen molar-refractivity contribution in [2.24, 2.45) is 0 Å². The first-order valence-corrected chi connectivity index (χ1v) is 7.70. The number of nitrogens with zero attached hydrogens (tertiary/aromatic N) is 2. The van der Waals surface area contributed by atoms with E-state index >= 15 is 0 Å². The van der Waals surface area contributed by atoms with Crippen molar-refractivity contribution in [3.8, 4) is 0 Å². The highest BCUT2D eigenvalue weighted by Gasteiger charge is 2.13. The SMILES string of the molecule is Cc1cc(C(=O)Nc2ccc(Cl)nc2)c2cc(Br)ccc2n1. The molecule has 0 aliphatic carbocycles. The first-order chi connectivity index (χ1) is 10.5. The number of aromatic nitrogens is 2. The zero-order valence-corrected chi connectivity index (χ0v) is 13.9. The minimum atomic E-state index is -0.210. The van der Waals surface area contributed by atoms with Gasteiger partial charge in [0.15, 0.2) is 0 Å². The average molecular weight is 377 g/mol. The highest BCUT2D eigenvalue weighted by Crippen LogP contribution is 2.23. The van der Waals surface area contributed by atoms with Crippen molar-refractivity contribution in [1.82, 2.24) is 9.97 Å². The Balaban J connectivity index is 2.03. The minimum absolute atomic E-state index is 0.210. The van der Waals surface area contributed by atoms with Crippen LogP contribution in [-0.2, 0) is 0 Å². The molecule has 3 rings (SSSR count). The molecule has 6 heteroatoms. The lowest BCUT2D eigenvalue weighted by atomic mass is 10.1. The molecule has 0 bridgehead atoms. The molecule has 1 N–H and O–H groups in total. The van der Waals surface area contributed by atoms with Crippen LogP contribution in [0.3, 0.4) is 0 Å². The van der Waals surface area contributed by atoms with Gasteiger partial charge in [-0.25, -0.2) is 4.98 Å².